The average molecular weight is 363 g/mol. The van der Waals surface area contributed by atoms with E-state index in [1.807, 2.05) is 0 Å². The lowest BCUT2D eigenvalue weighted by Crippen LogP contribution is -2.50. The van der Waals surface area contributed by atoms with Gasteiger partial charge in [-0.05, 0) is 42.9 Å². The van der Waals surface area contributed by atoms with Crippen molar-refractivity contribution in [2.75, 3.05) is 6.67 Å². The lowest BCUT2D eigenvalue weighted by Gasteiger charge is -2.27. The van der Waals surface area contributed by atoms with Gasteiger partial charge in [-0.15, -0.1) is 0 Å². The van der Waals surface area contributed by atoms with Crippen molar-refractivity contribution in [1.82, 2.24) is 10.6 Å². The van der Waals surface area contributed by atoms with Gasteiger partial charge in [-0.3, -0.25) is 0 Å². The zero-order valence-corrected chi connectivity index (χ0v) is 13.9. The number of benzene rings is 1. The van der Waals surface area contributed by atoms with Gasteiger partial charge < -0.3 is 15.4 Å². The number of rotatable bonds is 4. The summed E-state index contributed by atoms with van der Waals surface area (Å²) in [6, 6.07) is 4.04. The number of ether oxygens (including phenoxy) is 1. The molecule has 0 aromatic heterocycles. The summed E-state index contributed by atoms with van der Waals surface area (Å²) in [5, 5.41) is 6.64. The minimum absolute atomic E-state index is 0.0145. The minimum Gasteiger partial charge on any atom is -0.457 e. The Labute approximate surface area is 142 Å². The Morgan fingerprint density at radius 1 is 1.36 bits per heavy atom. The third-order valence-electron chi connectivity index (χ3n) is 3.03. The van der Waals surface area contributed by atoms with Crippen LogP contribution in [0.2, 0.25) is 10.0 Å². The molecular formula is C14H13Cl2FN2O2S. The Kier molecular flexibility index (Phi) is 5.61. The Balaban J connectivity index is 2.11. The largest absolute Gasteiger partial charge is 0.457 e. The number of hydrogen-bond acceptors (Lipinski definition) is 3. The molecule has 0 saturated heterocycles. The van der Waals surface area contributed by atoms with Gasteiger partial charge in [-0.1, -0.05) is 23.2 Å². The van der Waals surface area contributed by atoms with Crippen molar-refractivity contribution in [3.63, 3.8) is 0 Å². The first-order chi connectivity index (χ1) is 10.4. The molecule has 8 heteroatoms. The number of halogens is 3. The lowest BCUT2D eigenvalue weighted by atomic mass is 10.0. The van der Waals surface area contributed by atoms with Crippen molar-refractivity contribution in [2.45, 2.75) is 19.6 Å². The number of allylic oxidation sites excluding steroid dienone is 1. The molecular weight excluding hydrogens is 350 g/mol. The third-order valence-corrected chi connectivity index (χ3v) is 3.68. The quantitative estimate of drug-likeness (QED) is 0.636. The van der Waals surface area contributed by atoms with Gasteiger partial charge in [-0.2, -0.15) is 0 Å². The molecule has 0 saturated carbocycles. The molecule has 1 aromatic carbocycles. The molecule has 2 N–H and O–H groups in total. The van der Waals surface area contributed by atoms with Gasteiger partial charge in [0.05, 0.1) is 11.6 Å². The Bertz CT molecular complexity index is 631. The monoisotopic (exact) mass is 362 g/mol. The van der Waals surface area contributed by atoms with Crippen LogP contribution >= 0.6 is 35.4 Å². The van der Waals surface area contributed by atoms with Gasteiger partial charge in [0, 0.05) is 15.7 Å². The van der Waals surface area contributed by atoms with E-state index in [9.17, 15) is 9.18 Å². The normalized spacial score (nSPS) is 17.8. The summed E-state index contributed by atoms with van der Waals surface area (Å²) in [5.41, 5.74) is 1.30. The highest BCUT2D eigenvalue weighted by Crippen LogP contribution is 2.21. The second-order valence-electron chi connectivity index (χ2n) is 4.70. The van der Waals surface area contributed by atoms with Crippen LogP contribution in [0.4, 0.5) is 4.39 Å². The molecule has 0 aliphatic carbocycles. The van der Waals surface area contributed by atoms with E-state index in [1.165, 1.54) is 0 Å². The molecule has 4 nitrogen and oxygen atoms in total. The lowest BCUT2D eigenvalue weighted by molar-refractivity contribution is -0.140. The van der Waals surface area contributed by atoms with Crippen LogP contribution in [0.25, 0.3) is 0 Å². The van der Waals surface area contributed by atoms with Gasteiger partial charge in [0.25, 0.3) is 0 Å². The molecule has 1 aromatic rings. The molecule has 0 radical (unpaired) electrons. The molecule has 1 heterocycles. The van der Waals surface area contributed by atoms with Crippen molar-refractivity contribution in [2.24, 2.45) is 0 Å². The summed E-state index contributed by atoms with van der Waals surface area (Å²) in [6.07, 6.45) is 0. The van der Waals surface area contributed by atoms with Crippen molar-refractivity contribution in [3.8, 4) is 0 Å². The number of nitrogens with one attached hydrogen (secondary N) is 2. The molecule has 22 heavy (non-hydrogen) atoms. The summed E-state index contributed by atoms with van der Waals surface area (Å²) in [5.74, 6) is -0.626. The fourth-order valence-corrected chi connectivity index (χ4v) is 2.96. The Morgan fingerprint density at radius 2 is 2.00 bits per heavy atom. The SMILES string of the molecule is CC1=C(C(=O)OCc2cc(Cl)cc(Cl)c2)C(CF)NC(=S)N1. The summed E-state index contributed by atoms with van der Waals surface area (Å²) < 4.78 is 18.3. The molecule has 1 aliphatic rings. The van der Waals surface area contributed by atoms with Crippen LogP contribution in [0.5, 0.6) is 0 Å². The highest BCUT2D eigenvalue weighted by Gasteiger charge is 2.29. The van der Waals surface area contributed by atoms with Crippen molar-refractivity contribution in [3.05, 3.63) is 45.1 Å². The summed E-state index contributed by atoms with van der Waals surface area (Å²) in [4.78, 5) is 12.2. The van der Waals surface area contributed by atoms with Crippen LogP contribution in [0.15, 0.2) is 29.5 Å². The number of carbonyl (C=O) groups is 1. The predicted octanol–water partition coefficient (Wildman–Crippen LogP) is 3.13. The highest BCUT2D eigenvalue weighted by molar-refractivity contribution is 7.80. The van der Waals surface area contributed by atoms with E-state index in [1.54, 1.807) is 25.1 Å². The molecule has 1 unspecified atom stereocenters. The third kappa shape index (κ3) is 4.09. The van der Waals surface area contributed by atoms with Crippen molar-refractivity contribution >= 4 is 46.5 Å². The van der Waals surface area contributed by atoms with E-state index in [-0.39, 0.29) is 17.3 Å². The number of thiocarbonyl (C=S) groups is 1. The smallest absolute Gasteiger partial charge is 0.338 e. The van der Waals surface area contributed by atoms with Gasteiger partial charge >= 0.3 is 5.97 Å². The number of hydrogen-bond donors (Lipinski definition) is 2. The molecule has 0 spiro atoms. The number of esters is 1. The first kappa shape index (κ1) is 17.0. The van der Waals surface area contributed by atoms with Crippen LogP contribution in [0.1, 0.15) is 12.5 Å². The summed E-state index contributed by atoms with van der Waals surface area (Å²) in [7, 11) is 0. The topological polar surface area (TPSA) is 50.4 Å². The van der Waals surface area contributed by atoms with Crippen LogP contribution in [0.3, 0.4) is 0 Å². The first-order valence-electron chi connectivity index (χ1n) is 6.37. The Morgan fingerprint density at radius 3 is 2.59 bits per heavy atom. The summed E-state index contributed by atoms with van der Waals surface area (Å²) in [6.45, 7) is 0.856. The standard InChI is InChI=1S/C14H13Cl2FN2O2S/c1-7-12(11(5-17)19-14(22)18-7)13(20)21-6-8-2-9(15)4-10(16)3-8/h2-4,11H,5-6H2,1H3,(H2,18,19,22). The first-order valence-corrected chi connectivity index (χ1v) is 7.53. The zero-order valence-electron chi connectivity index (χ0n) is 11.6. The van der Waals surface area contributed by atoms with E-state index >= 15 is 0 Å². The molecule has 0 amide bonds. The van der Waals surface area contributed by atoms with Crippen molar-refractivity contribution in [1.29, 1.82) is 0 Å². The maximum Gasteiger partial charge on any atom is 0.338 e. The maximum atomic E-state index is 13.1. The van der Waals surface area contributed by atoms with Gasteiger partial charge in [-0.25, -0.2) is 9.18 Å². The van der Waals surface area contributed by atoms with Crippen molar-refractivity contribution < 1.29 is 13.9 Å². The Hall–Kier alpha value is -1.37. The van der Waals surface area contributed by atoms with Gasteiger partial charge in [0.1, 0.15) is 13.3 Å². The predicted molar refractivity (Wildman–Crippen MR) is 87.6 cm³/mol. The second kappa shape index (κ2) is 7.26. The van der Waals surface area contributed by atoms with Crippen LogP contribution in [-0.2, 0) is 16.1 Å². The average Bonchev–Trinajstić information content (AvgIpc) is 2.42. The zero-order chi connectivity index (χ0) is 16.3. The second-order valence-corrected chi connectivity index (χ2v) is 5.98. The molecule has 2 rings (SSSR count). The molecule has 1 aliphatic heterocycles. The fraction of sp³-hybridized carbons (Fsp3) is 0.286. The van der Waals surface area contributed by atoms with E-state index in [2.05, 4.69) is 10.6 Å². The minimum atomic E-state index is -0.816. The van der Waals surface area contributed by atoms with Crippen LogP contribution < -0.4 is 10.6 Å². The van der Waals surface area contributed by atoms with E-state index < -0.39 is 18.7 Å². The van der Waals surface area contributed by atoms with Crippen LogP contribution in [-0.4, -0.2) is 23.8 Å². The highest BCUT2D eigenvalue weighted by atomic mass is 35.5. The summed E-state index contributed by atoms with van der Waals surface area (Å²) >= 11 is 16.7. The fourth-order valence-electron chi connectivity index (χ4n) is 2.10. The number of carbonyl (C=O) groups excluding carboxylic acids is 1. The van der Waals surface area contributed by atoms with Gasteiger partial charge in [0.2, 0.25) is 0 Å². The van der Waals surface area contributed by atoms with E-state index in [4.69, 9.17) is 40.2 Å². The van der Waals surface area contributed by atoms with Gasteiger partial charge in [0.15, 0.2) is 5.11 Å². The number of alkyl halides is 1. The molecule has 0 bridgehead atoms. The molecule has 118 valence electrons. The molecule has 1 atom stereocenters. The molecule has 0 fully saturated rings. The van der Waals surface area contributed by atoms with Crippen LogP contribution in [0, 0.1) is 0 Å². The van der Waals surface area contributed by atoms with E-state index in [0.29, 0.717) is 21.3 Å². The van der Waals surface area contributed by atoms with E-state index in [0.717, 1.165) is 0 Å². The maximum absolute atomic E-state index is 13.1.